The van der Waals surface area contributed by atoms with E-state index in [2.05, 4.69) is 51.4 Å². The van der Waals surface area contributed by atoms with Crippen molar-refractivity contribution in [1.82, 2.24) is 0 Å². The fourth-order valence-corrected chi connectivity index (χ4v) is 2.65. The molecular weight excluding hydrogens is 249 g/mol. The van der Waals surface area contributed by atoms with Gasteiger partial charge in [0.25, 0.3) is 0 Å². The predicted molar refractivity (Wildman–Crippen MR) is 85.1 cm³/mol. The molecule has 0 aliphatic carbocycles. The van der Waals surface area contributed by atoms with Crippen molar-refractivity contribution >= 4 is 0 Å². The van der Waals surface area contributed by atoms with E-state index in [0.717, 1.165) is 11.0 Å². The molecule has 0 spiro atoms. The number of halogens is 1. The highest BCUT2D eigenvalue weighted by molar-refractivity contribution is 5.13. The number of hydrogen-bond acceptors (Lipinski definition) is 0. The van der Waals surface area contributed by atoms with Gasteiger partial charge >= 0.3 is 0 Å². The molecule has 0 N–H and O–H groups in total. The van der Waals surface area contributed by atoms with Crippen molar-refractivity contribution in [3.05, 3.63) is 35.9 Å². The standard InChI is InChI=1S/C18H32N.FH/c1-4-5-6-7-8-9-13-16-19(2,3)17-18-14-11-10-12-15-18;/h10-12,14-15H,4-9,13,16-17H2,1-3H3;1H/q+1;/p-1. The van der Waals surface area contributed by atoms with Crippen LogP contribution in [-0.4, -0.2) is 25.1 Å². The Bertz CT molecular complexity index is 321. The second-order valence-corrected chi connectivity index (χ2v) is 6.42. The third kappa shape index (κ3) is 9.08. The topological polar surface area (TPSA) is 0 Å². The number of unbranched alkanes of at least 4 members (excludes halogenated alkanes) is 6. The van der Waals surface area contributed by atoms with Crippen molar-refractivity contribution in [1.29, 1.82) is 0 Å². The molecule has 20 heavy (non-hydrogen) atoms. The van der Waals surface area contributed by atoms with Gasteiger partial charge in [0.05, 0.1) is 20.6 Å². The summed E-state index contributed by atoms with van der Waals surface area (Å²) in [5.41, 5.74) is 1.45. The van der Waals surface area contributed by atoms with Crippen molar-refractivity contribution in [2.45, 2.75) is 58.4 Å². The van der Waals surface area contributed by atoms with Crippen LogP contribution in [0.15, 0.2) is 30.3 Å². The maximum atomic E-state index is 2.35. The van der Waals surface area contributed by atoms with E-state index in [9.17, 15) is 0 Å². The number of benzene rings is 1. The quantitative estimate of drug-likeness (QED) is 0.455. The summed E-state index contributed by atoms with van der Waals surface area (Å²) in [5.74, 6) is 0. The molecule has 116 valence electrons. The zero-order chi connectivity index (χ0) is 14.0. The summed E-state index contributed by atoms with van der Waals surface area (Å²) < 4.78 is 1.11. The molecule has 0 atom stereocenters. The molecule has 0 radical (unpaired) electrons. The lowest BCUT2D eigenvalue weighted by Crippen LogP contribution is -3.00. The van der Waals surface area contributed by atoms with Crippen LogP contribution in [0.3, 0.4) is 0 Å². The fourth-order valence-electron chi connectivity index (χ4n) is 2.65. The highest BCUT2D eigenvalue weighted by Crippen LogP contribution is 2.12. The maximum Gasteiger partial charge on any atom is 0.104 e. The first-order valence-corrected chi connectivity index (χ1v) is 8.00. The van der Waals surface area contributed by atoms with Gasteiger partial charge in [-0.15, -0.1) is 0 Å². The minimum atomic E-state index is 0. The zero-order valence-electron chi connectivity index (χ0n) is 13.6. The second kappa shape index (κ2) is 10.8. The van der Waals surface area contributed by atoms with Crippen LogP contribution in [0.4, 0.5) is 0 Å². The van der Waals surface area contributed by atoms with Crippen LogP contribution in [0.25, 0.3) is 0 Å². The van der Waals surface area contributed by atoms with Gasteiger partial charge in [-0.1, -0.05) is 69.4 Å². The highest BCUT2D eigenvalue weighted by atomic mass is 19.0. The third-order valence-electron chi connectivity index (χ3n) is 3.82. The lowest BCUT2D eigenvalue weighted by Gasteiger charge is -2.30. The molecule has 1 aromatic rings. The Morgan fingerprint density at radius 3 is 1.95 bits per heavy atom. The van der Waals surface area contributed by atoms with Crippen LogP contribution >= 0.6 is 0 Å². The van der Waals surface area contributed by atoms with Crippen molar-refractivity contribution in [2.75, 3.05) is 20.6 Å². The number of hydrogen-bond donors (Lipinski definition) is 0. The minimum Gasteiger partial charge on any atom is -1.00 e. The van der Waals surface area contributed by atoms with Crippen molar-refractivity contribution in [2.24, 2.45) is 0 Å². The van der Waals surface area contributed by atoms with Crippen LogP contribution < -0.4 is 4.70 Å². The first-order valence-electron chi connectivity index (χ1n) is 8.00. The Morgan fingerprint density at radius 1 is 0.800 bits per heavy atom. The van der Waals surface area contributed by atoms with Gasteiger partial charge < -0.3 is 9.19 Å². The van der Waals surface area contributed by atoms with Gasteiger partial charge in [0.2, 0.25) is 0 Å². The van der Waals surface area contributed by atoms with Gasteiger partial charge in [-0.2, -0.15) is 0 Å². The molecule has 1 rings (SSSR count). The molecule has 1 aromatic carbocycles. The fraction of sp³-hybridized carbons (Fsp3) is 0.667. The minimum absolute atomic E-state index is 0. The summed E-state index contributed by atoms with van der Waals surface area (Å²) in [5, 5.41) is 0. The van der Waals surface area contributed by atoms with Gasteiger partial charge in [-0.3, -0.25) is 0 Å². The predicted octanol–water partition coefficient (Wildman–Crippen LogP) is 2.02. The zero-order valence-corrected chi connectivity index (χ0v) is 13.6. The average Bonchev–Trinajstić information content (AvgIpc) is 2.38. The molecule has 0 saturated carbocycles. The second-order valence-electron chi connectivity index (χ2n) is 6.42. The third-order valence-corrected chi connectivity index (χ3v) is 3.82. The largest absolute Gasteiger partial charge is 1.00 e. The molecule has 0 amide bonds. The summed E-state index contributed by atoms with van der Waals surface area (Å²) in [7, 11) is 4.70. The van der Waals surface area contributed by atoms with Gasteiger partial charge in [0.15, 0.2) is 0 Å². The molecule has 0 bridgehead atoms. The summed E-state index contributed by atoms with van der Waals surface area (Å²) in [6.07, 6.45) is 9.81. The van der Waals surface area contributed by atoms with Gasteiger partial charge in [-0.05, 0) is 12.8 Å². The lowest BCUT2D eigenvalue weighted by molar-refractivity contribution is -0.903. The summed E-state index contributed by atoms with van der Waals surface area (Å²) in [6, 6.07) is 10.9. The number of nitrogens with zero attached hydrogens (tertiary/aromatic N) is 1. The number of quaternary nitrogens is 1. The maximum absolute atomic E-state index is 2.35. The first kappa shape index (κ1) is 19.1. The van der Waals surface area contributed by atoms with E-state index >= 15 is 0 Å². The van der Waals surface area contributed by atoms with Crippen molar-refractivity contribution < 1.29 is 9.19 Å². The Labute approximate surface area is 125 Å². The van der Waals surface area contributed by atoms with E-state index in [1.165, 1.54) is 57.1 Å². The van der Waals surface area contributed by atoms with E-state index in [0.29, 0.717) is 0 Å². The van der Waals surface area contributed by atoms with E-state index in [1.54, 1.807) is 0 Å². The van der Waals surface area contributed by atoms with Crippen molar-refractivity contribution in [3.8, 4) is 0 Å². The smallest absolute Gasteiger partial charge is 0.104 e. The van der Waals surface area contributed by atoms with Crippen LogP contribution in [0.1, 0.15) is 57.4 Å². The molecule has 0 heterocycles. The SMILES string of the molecule is CCCCCCCCC[N+](C)(C)Cc1ccccc1.[F-]. The summed E-state index contributed by atoms with van der Waals surface area (Å²) in [6.45, 7) is 4.73. The van der Waals surface area contributed by atoms with E-state index < -0.39 is 0 Å². The van der Waals surface area contributed by atoms with Crippen LogP contribution in [0, 0.1) is 0 Å². The molecule has 0 aliphatic rings. The van der Waals surface area contributed by atoms with E-state index in [1.807, 2.05) is 0 Å². The molecule has 0 aliphatic heterocycles. The Hall–Kier alpha value is -0.890. The summed E-state index contributed by atoms with van der Waals surface area (Å²) >= 11 is 0. The molecule has 1 nitrogen and oxygen atoms in total. The number of rotatable bonds is 10. The molecular formula is C18H32FN. The molecule has 0 saturated heterocycles. The van der Waals surface area contributed by atoms with Crippen LogP contribution in [-0.2, 0) is 6.54 Å². The van der Waals surface area contributed by atoms with Crippen molar-refractivity contribution in [3.63, 3.8) is 0 Å². The van der Waals surface area contributed by atoms with Gasteiger partial charge in [0.1, 0.15) is 6.54 Å². The Morgan fingerprint density at radius 2 is 1.35 bits per heavy atom. The van der Waals surface area contributed by atoms with E-state index in [4.69, 9.17) is 0 Å². The average molecular weight is 281 g/mol. The first-order chi connectivity index (χ1) is 9.14. The molecule has 0 unspecified atom stereocenters. The molecule has 2 heteroatoms. The van der Waals surface area contributed by atoms with Crippen LogP contribution in [0.5, 0.6) is 0 Å². The molecule has 0 fully saturated rings. The van der Waals surface area contributed by atoms with Crippen LogP contribution in [0.2, 0.25) is 0 Å². The van der Waals surface area contributed by atoms with Gasteiger partial charge in [0, 0.05) is 5.56 Å². The highest BCUT2D eigenvalue weighted by Gasteiger charge is 2.14. The Kier molecular flexibility index (Phi) is 10.4. The van der Waals surface area contributed by atoms with E-state index in [-0.39, 0.29) is 4.70 Å². The summed E-state index contributed by atoms with van der Waals surface area (Å²) in [4.78, 5) is 0. The van der Waals surface area contributed by atoms with Gasteiger partial charge in [-0.25, -0.2) is 0 Å². The Balaban J connectivity index is 0.00000361. The molecule has 0 aromatic heterocycles. The lowest BCUT2D eigenvalue weighted by atomic mass is 10.1. The monoisotopic (exact) mass is 281 g/mol. The normalized spacial score (nSPS) is 11.2.